The molecule has 0 aliphatic rings. The SMILES string of the molecule is Cc1cc(=O)oc2cc(OCC(=O)OCC(=NO)c3ccccc3)ccc12. The second kappa shape index (κ2) is 8.18. The Kier molecular flexibility index (Phi) is 5.51. The summed E-state index contributed by atoms with van der Waals surface area (Å²) >= 11 is 0. The first-order valence-corrected chi connectivity index (χ1v) is 8.16. The minimum Gasteiger partial charge on any atom is -0.482 e. The van der Waals surface area contributed by atoms with Gasteiger partial charge >= 0.3 is 11.6 Å². The lowest BCUT2D eigenvalue weighted by molar-refractivity contribution is -0.144. The minimum absolute atomic E-state index is 0.186. The number of aryl methyl sites for hydroxylation is 1. The molecule has 0 unspecified atom stereocenters. The van der Waals surface area contributed by atoms with Gasteiger partial charge < -0.3 is 19.1 Å². The molecule has 2 aromatic carbocycles. The van der Waals surface area contributed by atoms with Crippen LogP contribution in [0, 0.1) is 6.92 Å². The van der Waals surface area contributed by atoms with Gasteiger partial charge in [0.05, 0.1) is 0 Å². The molecule has 27 heavy (non-hydrogen) atoms. The van der Waals surface area contributed by atoms with Crippen molar-refractivity contribution in [1.29, 1.82) is 0 Å². The van der Waals surface area contributed by atoms with E-state index < -0.39 is 11.6 Å². The predicted octanol–water partition coefficient (Wildman–Crippen LogP) is 2.90. The third-order valence-electron chi connectivity index (χ3n) is 3.88. The molecule has 0 atom stereocenters. The largest absolute Gasteiger partial charge is 0.482 e. The van der Waals surface area contributed by atoms with Crippen LogP contribution in [-0.4, -0.2) is 30.1 Å². The number of hydrogen-bond acceptors (Lipinski definition) is 7. The smallest absolute Gasteiger partial charge is 0.344 e. The number of esters is 1. The van der Waals surface area contributed by atoms with Crippen LogP contribution in [0.25, 0.3) is 11.0 Å². The first-order valence-electron chi connectivity index (χ1n) is 8.16. The molecule has 0 spiro atoms. The monoisotopic (exact) mass is 367 g/mol. The van der Waals surface area contributed by atoms with Gasteiger partial charge in [0, 0.05) is 23.1 Å². The molecule has 7 nitrogen and oxygen atoms in total. The van der Waals surface area contributed by atoms with Crippen molar-refractivity contribution in [3.05, 3.63) is 76.1 Å². The van der Waals surface area contributed by atoms with Crippen LogP contribution in [0.1, 0.15) is 11.1 Å². The Balaban J connectivity index is 1.59. The van der Waals surface area contributed by atoms with Crippen LogP contribution in [0.15, 0.2) is 69.0 Å². The molecular weight excluding hydrogens is 350 g/mol. The summed E-state index contributed by atoms with van der Waals surface area (Å²) < 4.78 is 15.6. The van der Waals surface area contributed by atoms with Crippen LogP contribution in [-0.2, 0) is 9.53 Å². The molecule has 0 saturated carbocycles. The van der Waals surface area contributed by atoms with Gasteiger partial charge in [-0.25, -0.2) is 9.59 Å². The Morgan fingerprint density at radius 1 is 1.11 bits per heavy atom. The molecule has 0 radical (unpaired) electrons. The zero-order valence-corrected chi connectivity index (χ0v) is 14.5. The molecule has 0 saturated heterocycles. The third kappa shape index (κ3) is 4.52. The van der Waals surface area contributed by atoms with E-state index in [1.807, 2.05) is 13.0 Å². The van der Waals surface area contributed by atoms with Crippen molar-refractivity contribution < 1.29 is 23.9 Å². The Labute approximate surface area is 154 Å². The van der Waals surface area contributed by atoms with Gasteiger partial charge in [0.2, 0.25) is 0 Å². The van der Waals surface area contributed by atoms with E-state index in [1.54, 1.807) is 42.5 Å². The molecule has 0 aliphatic heterocycles. The van der Waals surface area contributed by atoms with Gasteiger partial charge in [-0.15, -0.1) is 0 Å². The molecule has 0 fully saturated rings. The van der Waals surface area contributed by atoms with Gasteiger partial charge in [0.15, 0.2) is 6.61 Å². The predicted molar refractivity (Wildman–Crippen MR) is 98.4 cm³/mol. The fourth-order valence-electron chi connectivity index (χ4n) is 2.53. The average Bonchev–Trinajstić information content (AvgIpc) is 2.67. The van der Waals surface area contributed by atoms with E-state index in [1.165, 1.54) is 6.07 Å². The van der Waals surface area contributed by atoms with Crippen LogP contribution in [0.3, 0.4) is 0 Å². The minimum atomic E-state index is -0.627. The molecule has 0 amide bonds. The van der Waals surface area contributed by atoms with Crippen LogP contribution < -0.4 is 10.4 Å². The molecule has 1 N–H and O–H groups in total. The van der Waals surface area contributed by atoms with E-state index in [4.69, 9.17) is 19.1 Å². The van der Waals surface area contributed by atoms with Crippen molar-refractivity contribution in [2.24, 2.45) is 5.16 Å². The lowest BCUT2D eigenvalue weighted by atomic mass is 10.1. The second-order valence-corrected chi connectivity index (χ2v) is 5.77. The first-order chi connectivity index (χ1) is 13.1. The molecule has 1 aromatic heterocycles. The van der Waals surface area contributed by atoms with Crippen molar-refractivity contribution in [2.45, 2.75) is 6.92 Å². The van der Waals surface area contributed by atoms with Crippen LogP contribution >= 0.6 is 0 Å². The number of nitrogens with zero attached hydrogens (tertiary/aromatic N) is 1. The van der Waals surface area contributed by atoms with Crippen molar-refractivity contribution in [3.63, 3.8) is 0 Å². The normalized spacial score (nSPS) is 11.4. The van der Waals surface area contributed by atoms with E-state index in [2.05, 4.69) is 5.16 Å². The van der Waals surface area contributed by atoms with Gasteiger partial charge in [-0.1, -0.05) is 35.5 Å². The van der Waals surface area contributed by atoms with Crippen LogP contribution in [0.2, 0.25) is 0 Å². The highest BCUT2D eigenvalue weighted by Crippen LogP contribution is 2.22. The third-order valence-corrected chi connectivity index (χ3v) is 3.88. The van der Waals surface area contributed by atoms with E-state index >= 15 is 0 Å². The number of carbonyl (C=O) groups is 1. The van der Waals surface area contributed by atoms with Gasteiger partial charge in [0.25, 0.3) is 0 Å². The highest BCUT2D eigenvalue weighted by molar-refractivity contribution is 6.01. The molecular formula is C20H17NO6. The van der Waals surface area contributed by atoms with Gasteiger partial charge in [-0.2, -0.15) is 0 Å². The van der Waals surface area contributed by atoms with Gasteiger partial charge in [-0.3, -0.25) is 0 Å². The zero-order valence-electron chi connectivity index (χ0n) is 14.5. The summed E-state index contributed by atoms with van der Waals surface area (Å²) in [7, 11) is 0. The summed E-state index contributed by atoms with van der Waals surface area (Å²) in [6, 6.07) is 15.2. The number of rotatable bonds is 6. The topological polar surface area (TPSA) is 98.3 Å². The number of benzene rings is 2. The van der Waals surface area contributed by atoms with Crippen molar-refractivity contribution in [3.8, 4) is 5.75 Å². The van der Waals surface area contributed by atoms with E-state index in [-0.39, 0.29) is 18.9 Å². The lowest BCUT2D eigenvalue weighted by Crippen LogP contribution is -2.20. The molecule has 3 rings (SSSR count). The van der Waals surface area contributed by atoms with E-state index in [0.29, 0.717) is 16.9 Å². The van der Waals surface area contributed by atoms with E-state index in [0.717, 1.165) is 10.9 Å². The summed E-state index contributed by atoms with van der Waals surface area (Å²) in [5.41, 5.74) is 1.60. The molecule has 0 bridgehead atoms. The number of carbonyl (C=O) groups excluding carboxylic acids is 1. The molecule has 0 aliphatic carbocycles. The van der Waals surface area contributed by atoms with Crippen molar-refractivity contribution in [2.75, 3.05) is 13.2 Å². The zero-order chi connectivity index (χ0) is 19.2. The summed E-state index contributed by atoms with van der Waals surface area (Å²) in [6.45, 7) is 1.29. The summed E-state index contributed by atoms with van der Waals surface area (Å²) in [5.74, 6) is -0.259. The fourth-order valence-corrected chi connectivity index (χ4v) is 2.53. The molecule has 3 aromatic rings. The highest BCUT2D eigenvalue weighted by atomic mass is 16.6. The maximum atomic E-state index is 11.9. The number of fused-ring (bicyclic) bond motifs is 1. The second-order valence-electron chi connectivity index (χ2n) is 5.77. The standard InChI is InChI=1S/C20H17NO6/c1-13-9-19(22)27-18-10-15(7-8-16(13)18)25-12-20(23)26-11-17(21-24)14-5-3-2-4-6-14/h2-10,24H,11-12H2,1H3. The van der Waals surface area contributed by atoms with Crippen LogP contribution in [0.5, 0.6) is 5.75 Å². The number of hydrogen-bond donors (Lipinski definition) is 1. The van der Waals surface area contributed by atoms with Gasteiger partial charge in [-0.05, 0) is 24.6 Å². The molecule has 1 heterocycles. The van der Waals surface area contributed by atoms with Gasteiger partial charge in [0.1, 0.15) is 23.7 Å². The molecule has 138 valence electrons. The maximum Gasteiger partial charge on any atom is 0.344 e. The summed E-state index contributed by atoms with van der Waals surface area (Å²) in [6.07, 6.45) is 0. The summed E-state index contributed by atoms with van der Waals surface area (Å²) in [4.78, 5) is 23.3. The Morgan fingerprint density at radius 2 is 1.89 bits per heavy atom. The number of ether oxygens (including phenoxy) is 2. The first kappa shape index (κ1) is 18.2. The Hall–Kier alpha value is -3.61. The average molecular weight is 367 g/mol. The quantitative estimate of drug-likeness (QED) is 0.236. The fraction of sp³-hybridized carbons (Fsp3) is 0.150. The molecule has 7 heteroatoms. The van der Waals surface area contributed by atoms with Crippen molar-refractivity contribution >= 4 is 22.7 Å². The maximum absolute atomic E-state index is 11.9. The van der Waals surface area contributed by atoms with Crippen molar-refractivity contribution in [1.82, 2.24) is 0 Å². The Bertz CT molecular complexity index is 1040. The lowest BCUT2D eigenvalue weighted by Gasteiger charge is -2.09. The van der Waals surface area contributed by atoms with E-state index in [9.17, 15) is 9.59 Å². The Morgan fingerprint density at radius 3 is 2.63 bits per heavy atom. The summed E-state index contributed by atoms with van der Waals surface area (Å²) in [5, 5.41) is 13.0. The highest BCUT2D eigenvalue weighted by Gasteiger charge is 2.10. The number of oxime groups is 1. The van der Waals surface area contributed by atoms with Crippen LogP contribution in [0.4, 0.5) is 0 Å².